The highest BCUT2D eigenvalue weighted by molar-refractivity contribution is 6.30. The fraction of sp³-hybridized carbons (Fsp3) is 0.294. The number of nitrogens with one attached hydrogen (secondary N) is 1. The third kappa shape index (κ3) is 3.46. The van der Waals surface area contributed by atoms with Gasteiger partial charge in [0, 0.05) is 37.1 Å². The van der Waals surface area contributed by atoms with Crippen molar-refractivity contribution in [2.45, 2.75) is 12.5 Å². The van der Waals surface area contributed by atoms with Gasteiger partial charge in [0.25, 0.3) is 0 Å². The van der Waals surface area contributed by atoms with Crippen LogP contribution in [0.1, 0.15) is 17.2 Å². The van der Waals surface area contributed by atoms with Crippen molar-refractivity contribution in [3.63, 3.8) is 0 Å². The maximum absolute atomic E-state index is 12.7. The standard InChI is InChI=1S/C17H18ClN3O/c18-15-5-1-3-13(9-15)10-17(22)21-8-7-20-12-16(21)14-4-2-6-19-11-14/h1-6,9,11,16,20H,7-8,10,12H2. The highest BCUT2D eigenvalue weighted by Crippen LogP contribution is 2.22. The van der Waals surface area contributed by atoms with Crippen LogP contribution in [0.2, 0.25) is 5.02 Å². The van der Waals surface area contributed by atoms with E-state index in [1.807, 2.05) is 47.5 Å². The number of piperazine rings is 1. The van der Waals surface area contributed by atoms with E-state index in [1.165, 1.54) is 0 Å². The number of rotatable bonds is 3. The number of hydrogen-bond acceptors (Lipinski definition) is 3. The summed E-state index contributed by atoms with van der Waals surface area (Å²) in [6.45, 7) is 2.28. The zero-order chi connectivity index (χ0) is 15.4. The smallest absolute Gasteiger partial charge is 0.227 e. The second-order valence-corrected chi connectivity index (χ2v) is 5.84. The first-order chi connectivity index (χ1) is 10.7. The van der Waals surface area contributed by atoms with Gasteiger partial charge >= 0.3 is 0 Å². The van der Waals surface area contributed by atoms with Crippen molar-refractivity contribution in [3.8, 4) is 0 Å². The predicted octanol–water partition coefficient (Wildman–Crippen LogP) is 2.45. The number of pyridine rings is 1. The van der Waals surface area contributed by atoms with Crippen molar-refractivity contribution in [2.75, 3.05) is 19.6 Å². The number of benzene rings is 1. The Morgan fingerprint density at radius 2 is 2.27 bits per heavy atom. The largest absolute Gasteiger partial charge is 0.333 e. The van der Waals surface area contributed by atoms with Gasteiger partial charge in [-0.25, -0.2) is 0 Å². The molecule has 0 radical (unpaired) electrons. The lowest BCUT2D eigenvalue weighted by Gasteiger charge is -2.36. The summed E-state index contributed by atoms with van der Waals surface area (Å²) >= 11 is 6.00. The van der Waals surface area contributed by atoms with E-state index < -0.39 is 0 Å². The van der Waals surface area contributed by atoms with Gasteiger partial charge in [0.1, 0.15) is 0 Å². The van der Waals surface area contributed by atoms with Crippen molar-refractivity contribution in [3.05, 3.63) is 64.9 Å². The van der Waals surface area contributed by atoms with Crippen LogP contribution in [0.15, 0.2) is 48.8 Å². The van der Waals surface area contributed by atoms with Crippen LogP contribution in [0.25, 0.3) is 0 Å². The lowest BCUT2D eigenvalue weighted by molar-refractivity contribution is -0.133. The molecule has 1 saturated heterocycles. The highest BCUT2D eigenvalue weighted by Gasteiger charge is 2.27. The van der Waals surface area contributed by atoms with Crippen LogP contribution in [0.3, 0.4) is 0 Å². The van der Waals surface area contributed by atoms with Gasteiger partial charge < -0.3 is 10.2 Å². The van der Waals surface area contributed by atoms with Crippen LogP contribution in [0.4, 0.5) is 0 Å². The molecule has 2 heterocycles. The summed E-state index contributed by atoms with van der Waals surface area (Å²) in [7, 11) is 0. The van der Waals surface area contributed by atoms with Gasteiger partial charge in [0.15, 0.2) is 0 Å². The van der Waals surface area contributed by atoms with E-state index in [4.69, 9.17) is 11.6 Å². The molecule has 1 aromatic carbocycles. The van der Waals surface area contributed by atoms with E-state index in [0.717, 1.165) is 24.2 Å². The quantitative estimate of drug-likeness (QED) is 0.946. The van der Waals surface area contributed by atoms with E-state index in [-0.39, 0.29) is 11.9 Å². The van der Waals surface area contributed by atoms with Crippen molar-refractivity contribution in [1.82, 2.24) is 15.2 Å². The van der Waals surface area contributed by atoms with Crippen molar-refractivity contribution >= 4 is 17.5 Å². The molecule has 2 aromatic rings. The molecule has 3 rings (SSSR count). The lowest BCUT2D eigenvalue weighted by Crippen LogP contribution is -2.49. The van der Waals surface area contributed by atoms with Crippen LogP contribution in [-0.2, 0) is 11.2 Å². The molecule has 1 unspecified atom stereocenters. The van der Waals surface area contributed by atoms with Crippen molar-refractivity contribution in [2.24, 2.45) is 0 Å². The molecule has 114 valence electrons. The van der Waals surface area contributed by atoms with Crippen molar-refractivity contribution < 1.29 is 4.79 Å². The van der Waals surface area contributed by atoms with Gasteiger partial charge in [-0.1, -0.05) is 29.8 Å². The number of nitrogens with zero attached hydrogens (tertiary/aromatic N) is 2. The number of hydrogen-bond donors (Lipinski definition) is 1. The van der Waals surface area contributed by atoms with Gasteiger partial charge in [-0.2, -0.15) is 0 Å². The fourth-order valence-electron chi connectivity index (χ4n) is 2.80. The summed E-state index contributed by atoms with van der Waals surface area (Å²) in [5.41, 5.74) is 2.01. The molecular weight excluding hydrogens is 298 g/mol. The monoisotopic (exact) mass is 315 g/mol. The molecule has 22 heavy (non-hydrogen) atoms. The summed E-state index contributed by atoms with van der Waals surface area (Å²) in [6, 6.07) is 11.4. The summed E-state index contributed by atoms with van der Waals surface area (Å²) in [5, 5.41) is 4.01. The molecular formula is C17H18ClN3O. The number of halogens is 1. The van der Waals surface area contributed by atoms with Crippen LogP contribution in [0.5, 0.6) is 0 Å². The fourth-order valence-corrected chi connectivity index (χ4v) is 3.01. The molecule has 0 aliphatic carbocycles. The second kappa shape index (κ2) is 6.90. The summed E-state index contributed by atoms with van der Waals surface area (Å²) in [5.74, 6) is 0.123. The van der Waals surface area contributed by atoms with Crippen LogP contribution in [0, 0.1) is 0 Å². The van der Waals surface area contributed by atoms with E-state index in [2.05, 4.69) is 10.3 Å². The Morgan fingerprint density at radius 1 is 1.36 bits per heavy atom. The Hall–Kier alpha value is -1.91. The molecule has 0 bridgehead atoms. The number of amides is 1. The highest BCUT2D eigenvalue weighted by atomic mass is 35.5. The Bertz CT molecular complexity index is 647. The number of aromatic nitrogens is 1. The molecule has 0 saturated carbocycles. The van der Waals surface area contributed by atoms with E-state index in [9.17, 15) is 4.79 Å². The molecule has 1 aliphatic rings. The van der Waals surface area contributed by atoms with Crippen LogP contribution < -0.4 is 5.32 Å². The van der Waals surface area contributed by atoms with Gasteiger partial charge in [-0.05, 0) is 29.3 Å². The van der Waals surface area contributed by atoms with E-state index in [0.29, 0.717) is 18.0 Å². The van der Waals surface area contributed by atoms with Crippen LogP contribution >= 0.6 is 11.6 Å². The molecule has 1 atom stereocenters. The minimum absolute atomic E-state index is 0.0362. The summed E-state index contributed by atoms with van der Waals surface area (Å²) < 4.78 is 0. The SMILES string of the molecule is O=C(Cc1cccc(Cl)c1)N1CCNCC1c1cccnc1. The zero-order valence-electron chi connectivity index (χ0n) is 12.2. The maximum atomic E-state index is 12.7. The molecule has 5 heteroatoms. The van der Waals surface area contributed by atoms with Gasteiger partial charge in [0.2, 0.25) is 5.91 Å². The average molecular weight is 316 g/mol. The Labute approximate surface area is 135 Å². The number of carbonyl (C=O) groups is 1. The molecule has 1 amide bonds. The summed E-state index contributed by atoms with van der Waals surface area (Å²) in [4.78, 5) is 18.8. The van der Waals surface area contributed by atoms with Gasteiger partial charge in [-0.15, -0.1) is 0 Å². The molecule has 1 fully saturated rings. The van der Waals surface area contributed by atoms with Gasteiger partial charge in [-0.3, -0.25) is 9.78 Å². The first kappa shape index (κ1) is 15.0. The van der Waals surface area contributed by atoms with E-state index >= 15 is 0 Å². The molecule has 4 nitrogen and oxygen atoms in total. The normalized spacial score (nSPS) is 18.2. The third-order valence-electron chi connectivity index (χ3n) is 3.88. The third-order valence-corrected chi connectivity index (χ3v) is 4.11. The molecule has 1 aliphatic heterocycles. The Morgan fingerprint density at radius 3 is 3.05 bits per heavy atom. The minimum Gasteiger partial charge on any atom is -0.333 e. The van der Waals surface area contributed by atoms with E-state index in [1.54, 1.807) is 6.20 Å². The zero-order valence-corrected chi connectivity index (χ0v) is 13.0. The lowest BCUT2D eigenvalue weighted by atomic mass is 10.0. The van der Waals surface area contributed by atoms with Gasteiger partial charge in [0.05, 0.1) is 12.5 Å². The maximum Gasteiger partial charge on any atom is 0.227 e. The first-order valence-corrected chi connectivity index (χ1v) is 7.76. The first-order valence-electron chi connectivity index (χ1n) is 7.38. The molecule has 1 N–H and O–H groups in total. The summed E-state index contributed by atoms with van der Waals surface area (Å²) in [6.07, 6.45) is 3.95. The minimum atomic E-state index is 0.0362. The Kier molecular flexibility index (Phi) is 4.71. The average Bonchev–Trinajstić information content (AvgIpc) is 2.56. The molecule has 0 spiro atoms. The topological polar surface area (TPSA) is 45.2 Å². The number of carbonyl (C=O) groups excluding carboxylic acids is 1. The predicted molar refractivity (Wildman–Crippen MR) is 86.7 cm³/mol. The second-order valence-electron chi connectivity index (χ2n) is 5.40. The Balaban J connectivity index is 1.77. The van der Waals surface area contributed by atoms with Crippen LogP contribution in [-0.4, -0.2) is 35.4 Å². The molecule has 1 aromatic heterocycles. The van der Waals surface area contributed by atoms with Crippen molar-refractivity contribution in [1.29, 1.82) is 0 Å².